The summed E-state index contributed by atoms with van der Waals surface area (Å²) in [5, 5.41) is 3.28. The average molecular weight is 615 g/mol. The number of hydrogen-bond acceptors (Lipinski definition) is 10. The molecule has 0 saturated carbocycles. The van der Waals surface area contributed by atoms with Crippen LogP contribution in [0.3, 0.4) is 0 Å². The predicted octanol–water partition coefficient (Wildman–Crippen LogP) is -4.68. The van der Waals surface area contributed by atoms with Crippen molar-refractivity contribution in [2.45, 2.75) is 12.8 Å². The minimum atomic E-state index is -4.32. The summed E-state index contributed by atoms with van der Waals surface area (Å²) in [6.45, 7) is 0.316. The van der Waals surface area contributed by atoms with Gasteiger partial charge in [0.25, 0.3) is 21.9 Å². The first-order valence-corrected chi connectivity index (χ1v) is 13.7. The van der Waals surface area contributed by atoms with Gasteiger partial charge in [0.15, 0.2) is 0 Å². The zero-order chi connectivity index (χ0) is 26.5. The van der Waals surface area contributed by atoms with Crippen molar-refractivity contribution in [2.24, 2.45) is 0 Å². The molecular weight excluding hydrogens is 595 g/mol. The summed E-state index contributed by atoms with van der Waals surface area (Å²) in [5.41, 5.74) is 1.45. The Morgan fingerprint density at radius 3 is 1.63 bits per heavy atom. The third kappa shape index (κ3) is 10.0. The molecule has 0 unspecified atom stereocenters. The fourth-order valence-electron chi connectivity index (χ4n) is 3.39. The first-order chi connectivity index (χ1) is 16.9. The monoisotopic (exact) mass is 614 g/mol. The molecule has 5 rings (SSSR count). The van der Waals surface area contributed by atoms with E-state index in [1.54, 1.807) is 48.5 Å². The van der Waals surface area contributed by atoms with Crippen molar-refractivity contribution in [2.75, 3.05) is 24.7 Å². The Kier molecular flexibility index (Phi) is 14.8. The number of hydrogen-bond donors (Lipinski definition) is 0. The largest absolute Gasteiger partial charge is 1.00 e. The first kappa shape index (κ1) is 35.8. The number of fused-ring (bicyclic) bond motifs is 2. The Labute approximate surface area is 305 Å². The van der Waals surface area contributed by atoms with E-state index in [0.29, 0.717) is 35.3 Å². The molecule has 0 atom stereocenters. The number of rotatable bonds is 4. The number of benzene rings is 2. The molecular formula is C22H20K2N2O10S2. The van der Waals surface area contributed by atoms with Gasteiger partial charge in [-0.3, -0.25) is 18.7 Å². The van der Waals surface area contributed by atoms with Crippen LogP contribution in [0.5, 0.6) is 0 Å². The van der Waals surface area contributed by atoms with Gasteiger partial charge in [0.2, 0.25) is 0 Å². The summed E-state index contributed by atoms with van der Waals surface area (Å²) in [6.07, 6.45) is 0.611. The Morgan fingerprint density at radius 1 is 0.842 bits per heavy atom. The van der Waals surface area contributed by atoms with E-state index in [1.807, 2.05) is 0 Å². The Morgan fingerprint density at radius 2 is 1.29 bits per heavy atom. The van der Waals surface area contributed by atoms with Gasteiger partial charge in [-0.25, -0.2) is 8.42 Å². The molecule has 2 aromatic rings. The second kappa shape index (κ2) is 15.7. The van der Waals surface area contributed by atoms with Gasteiger partial charge in [-0.1, -0.05) is 36.4 Å². The number of carbonyl (C=O) groups excluding carboxylic acids is 4. The van der Waals surface area contributed by atoms with Crippen LogP contribution in [0.2, 0.25) is 0 Å². The standard InChI is InChI=1S/C11H11NO5S.C8H5NO2.C3H6O3S.2K/c13-10-8-4-1-2-5-9(8)11(14)12(10)6-3-7-18(15,16)17;10-7-5-3-1-2-4-6(5)8(11)9-7;4-7(5)3-1-2-6-7;;/h1-2,4-5H,3,6-7H2,(H,15,16,17);1-4H,(H,9,10,11);1-3H2;;/q;;;2*+1/p-2. The van der Waals surface area contributed by atoms with E-state index in [-0.39, 0.29) is 121 Å². The molecule has 0 bridgehead atoms. The van der Waals surface area contributed by atoms with E-state index in [1.165, 1.54) is 0 Å². The van der Waals surface area contributed by atoms with E-state index >= 15 is 0 Å². The SMILES string of the molecule is O=C1[N-]C(=O)c2ccccc21.O=C1c2ccccc2C(=O)N1CCCS(=O)(=O)[O-].O=S1(=O)CCCO1.[K+].[K+]. The molecule has 0 N–H and O–H groups in total. The van der Waals surface area contributed by atoms with Crippen molar-refractivity contribution in [3.8, 4) is 0 Å². The van der Waals surface area contributed by atoms with Crippen molar-refractivity contribution in [3.05, 3.63) is 76.1 Å². The number of carbonyl (C=O) groups is 4. The molecule has 0 radical (unpaired) electrons. The van der Waals surface area contributed by atoms with Gasteiger partial charge in [-0.05, 0) is 25.0 Å². The van der Waals surface area contributed by atoms with Crippen LogP contribution in [-0.4, -0.2) is 74.6 Å². The van der Waals surface area contributed by atoms with Crippen molar-refractivity contribution in [3.63, 3.8) is 0 Å². The normalized spacial score (nSPS) is 16.5. The minimum absolute atomic E-state index is 0. The zero-order valence-corrected chi connectivity index (χ0v) is 28.5. The summed E-state index contributed by atoms with van der Waals surface area (Å²) in [5.74, 6) is -2.12. The van der Waals surface area contributed by atoms with Crippen LogP contribution in [0.25, 0.3) is 5.32 Å². The van der Waals surface area contributed by atoms with Crippen LogP contribution < -0.4 is 103 Å². The number of imide groups is 2. The third-order valence-corrected chi connectivity index (χ3v) is 7.15. The van der Waals surface area contributed by atoms with Crippen LogP contribution >= 0.6 is 0 Å². The second-order valence-corrected chi connectivity index (χ2v) is 10.9. The quantitative estimate of drug-likeness (QED) is 0.140. The molecule has 0 aliphatic carbocycles. The molecule has 3 aliphatic heterocycles. The summed E-state index contributed by atoms with van der Waals surface area (Å²) in [6, 6.07) is 13.0. The van der Waals surface area contributed by atoms with Crippen molar-refractivity contribution in [1.29, 1.82) is 0 Å². The summed E-state index contributed by atoms with van der Waals surface area (Å²) >= 11 is 0. The molecule has 1 saturated heterocycles. The minimum Gasteiger partial charge on any atom is -0.748 e. The number of nitrogens with zero attached hydrogens (tertiary/aromatic N) is 2. The molecule has 38 heavy (non-hydrogen) atoms. The van der Waals surface area contributed by atoms with E-state index in [2.05, 4.69) is 9.50 Å². The van der Waals surface area contributed by atoms with Gasteiger partial charge < -0.3 is 19.5 Å². The Bertz CT molecular complexity index is 1350. The molecule has 192 valence electrons. The van der Waals surface area contributed by atoms with Crippen LogP contribution in [0, 0.1) is 0 Å². The number of amides is 4. The fraction of sp³-hybridized carbons (Fsp3) is 0.273. The van der Waals surface area contributed by atoms with Crippen LogP contribution in [0.4, 0.5) is 0 Å². The molecule has 3 aliphatic rings. The maximum atomic E-state index is 11.8. The molecule has 1 fully saturated rings. The Hall–Kier alpha value is -0.187. The van der Waals surface area contributed by atoms with Gasteiger partial charge in [0, 0.05) is 23.4 Å². The van der Waals surface area contributed by atoms with Gasteiger partial charge in [-0.2, -0.15) is 8.42 Å². The topological polar surface area (TPSA) is 186 Å². The summed E-state index contributed by atoms with van der Waals surface area (Å²) < 4.78 is 56.1. The smallest absolute Gasteiger partial charge is 0.748 e. The van der Waals surface area contributed by atoms with E-state index < -0.39 is 49.6 Å². The van der Waals surface area contributed by atoms with Gasteiger partial charge in [0.05, 0.1) is 45.4 Å². The molecule has 12 nitrogen and oxygen atoms in total. The fourth-order valence-corrected chi connectivity index (χ4v) is 4.83. The van der Waals surface area contributed by atoms with Crippen molar-refractivity contribution >= 4 is 43.9 Å². The maximum Gasteiger partial charge on any atom is 1.00 e. The van der Waals surface area contributed by atoms with Crippen molar-refractivity contribution in [1.82, 2.24) is 4.90 Å². The van der Waals surface area contributed by atoms with Gasteiger partial charge in [-0.15, -0.1) is 0 Å². The Balaban J connectivity index is 0.000000308. The molecule has 3 heterocycles. The molecule has 16 heteroatoms. The third-order valence-electron chi connectivity index (χ3n) is 5.05. The molecule has 0 aromatic heterocycles. The first-order valence-electron chi connectivity index (χ1n) is 10.5. The van der Waals surface area contributed by atoms with E-state index in [9.17, 15) is 40.6 Å². The van der Waals surface area contributed by atoms with Gasteiger partial charge >= 0.3 is 103 Å². The van der Waals surface area contributed by atoms with Crippen molar-refractivity contribution < 1.29 is 148 Å². The van der Waals surface area contributed by atoms with E-state index in [0.717, 1.165) is 4.90 Å². The van der Waals surface area contributed by atoms with E-state index in [4.69, 9.17) is 0 Å². The van der Waals surface area contributed by atoms with Crippen LogP contribution in [0.15, 0.2) is 48.5 Å². The van der Waals surface area contributed by atoms with Crippen LogP contribution in [-0.2, 0) is 24.4 Å². The summed E-state index contributed by atoms with van der Waals surface area (Å²) in [4.78, 5) is 46.4. The van der Waals surface area contributed by atoms with Gasteiger partial charge in [0.1, 0.15) is 0 Å². The molecule has 4 amide bonds. The maximum absolute atomic E-state index is 11.8. The molecule has 2 aromatic carbocycles. The zero-order valence-electron chi connectivity index (χ0n) is 20.7. The summed E-state index contributed by atoms with van der Waals surface area (Å²) in [7, 11) is -7.36. The molecule has 0 spiro atoms. The average Bonchev–Trinajstić information content (AvgIpc) is 3.44. The van der Waals surface area contributed by atoms with Crippen LogP contribution in [0.1, 0.15) is 54.3 Å². The predicted molar refractivity (Wildman–Crippen MR) is 124 cm³/mol. The second-order valence-electron chi connectivity index (χ2n) is 7.63.